The number of primary amides is 1. The minimum absolute atomic E-state index is 0.0933. The lowest BCUT2D eigenvalue weighted by atomic mass is 9.87. The van der Waals surface area contributed by atoms with Crippen LogP contribution in [0.3, 0.4) is 0 Å². The Hall–Kier alpha value is -5.57. The number of benzene rings is 3. The molecule has 4 heterocycles. The molecule has 3 atom stereocenters. The molecule has 57 heavy (non-hydrogen) atoms. The minimum Gasteiger partial charge on any atom is -0.368 e. The highest BCUT2D eigenvalue weighted by atomic mass is 32.1. The largest absolute Gasteiger partial charge is 0.368 e. The Kier molecular flexibility index (Phi) is 12.6. The lowest BCUT2D eigenvalue weighted by molar-refractivity contribution is -0.136. The van der Waals surface area contributed by atoms with Gasteiger partial charge >= 0.3 is 0 Å². The molecule has 298 valence electrons. The van der Waals surface area contributed by atoms with E-state index in [4.69, 9.17) is 5.73 Å². The molecule has 0 unspecified atom stereocenters. The molecule has 2 saturated heterocycles. The number of H-pyrrole nitrogens is 1. The third kappa shape index (κ3) is 9.70. The second kappa shape index (κ2) is 18.1. The van der Waals surface area contributed by atoms with Crippen LogP contribution in [-0.4, -0.2) is 84.4 Å². The molecule has 2 aromatic heterocycles. The molecule has 0 spiro atoms. The number of nitrogens with one attached hydrogen (secondary N) is 7. The summed E-state index contributed by atoms with van der Waals surface area (Å²) in [7, 11) is 0. The Morgan fingerprint density at radius 2 is 1.35 bits per heavy atom. The van der Waals surface area contributed by atoms with Crippen LogP contribution in [-0.2, 0) is 43.2 Å². The molecule has 2 aliphatic rings. The predicted molar refractivity (Wildman–Crippen MR) is 221 cm³/mol. The maximum Gasteiger partial charge on any atom is 0.243 e. The first-order valence-electron chi connectivity index (χ1n) is 19.7. The quantitative estimate of drug-likeness (QED) is 0.0797. The van der Waals surface area contributed by atoms with Gasteiger partial charge in [0.25, 0.3) is 0 Å². The molecule has 3 aromatic carbocycles. The van der Waals surface area contributed by atoms with E-state index in [2.05, 4.69) is 36.9 Å². The summed E-state index contributed by atoms with van der Waals surface area (Å²) in [6.07, 6.45) is 4.20. The first-order chi connectivity index (χ1) is 27.7. The summed E-state index contributed by atoms with van der Waals surface area (Å²) in [4.78, 5) is 73.9. The van der Waals surface area contributed by atoms with E-state index in [1.165, 1.54) is 0 Å². The van der Waals surface area contributed by atoms with Gasteiger partial charge in [0.15, 0.2) is 0 Å². The first-order valence-corrected chi connectivity index (χ1v) is 20.5. The topological polar surface area (TPSA) is 199 Å². The van der Waals surface area contributed by atoms with Gasteiger partial charge in [0.2, 0.25) is 29.5 Å². The van der Waals surface area contributed by atoms with Crippen LogP contribution in [0.2, 0.25) is 0 Å². The van der Waals surface area contributed by atoms with Crippen LogP contribution < -0.4 is 37.6 Å². The number of carbonyl (C=O) groups excluding carboxylic acids is 5. The SMILES string of the molecule is NC(=O)C1(NC(=O)[C@H](Cc2ccccc2)NC(=O)[C@@H](Cc2c[nH]c3ccccc23)NC(=O)[C@@H](Cc2cc3ccccc3s2)NC(=O)C2CCNCC2)CCNCC1. The molecular formula is C43H50N8O5S. The Balaban J connectivity index is 1.18. The van der Waals surface area contributed by atoms with E-state index in [0.717, 1.165) is 37.0 Å². The normalized spacial score (nSPS) is 17.3. The smallest absolute Gasteiger partial charge is 0.243 e. The van der Waals surface area contributed by atoms with E-state index >= 15 is 0 Å². The van der Waals surface area contributed by atoms with E-state index in [-0.39, 0.29) is 31.1 Å². The van der Waals surface area contributed by atoms with Gasteiger partial charge in [-0.2, -0.15) is 0 Å². The molecule has 2 fully saturated rings. The van der Waals surface area contributed by atoms with E-state index < -0.39 is 47.3 Å². The Morgan fingerprint density at radius 1 is 0.719 bits per heavy atom. The molecular weight excluding hydrogens is 741 g/mol. The number of rotatable bonds is 15. The monoisotopic (exact) mass is 790 g/mol. The summed E-state index contributed by atoms with van der Waals surface area (Å²) in [6, 6.07) is 23.7. The number of aromatic nitrogens is 1. The number of thiophene rings is 1. The number of hydrogen-bond acceptors (Lipinski definition) is 8. The van der Waals surface area contributed by atoms with Gasteiger partial charge in [-0.25, -0.2) is 0 Å². The highest BCUT2D eigenvalue weighted by Gasteiger charge is 2.41. The van der Waals surface area contributed by atoms with Crippen molar-refractivity contribution in [2.45, 2.75) is 68.6 Å². The summed E-state index contributed by atoms with van der Waals surface area (Å²) in [5.41, 5.74) is 7.04. The van der Waals surface area contributed by atoms with Crippen LogP contribution in [0, 0.1) is 5.92 Å². The number of hydrogen-bond donors (Lipinski definition) is 8. The van der Waals surface area contributed by atoms with Crippen molar-refractivity contribution in [3.63, 3.8) is 0 Å². The van der Waals surface area contributed by atoms with E-state index in [1.807, 2.05) is 91.1 Å². The fourth-order valence-electron chi connectivity index (χ4n) is 7.86. The Bertz CT molecular complexity index is 2180. The van der Waals surface area contributed by atoms with Gasteiger partial charge in [-0.15, -0.1) is 11.3 Å². The van der Waals surface area contributed by atoms with Gasteiger partial charge in [0.05, 0.1) is 0 Å². The Morgan fingerprint density at radius 3 is 2.07 bits per heavy atom. The molecule has 0 aliphatic carbocycles. The molecule has 13 nitrogen and oxygen atoms in total. The van der Waals surface area contributed by atoms with Gasteiger partial charge in [0.1, 0.15) is 23.7 Å². The number of amides is 5. The average molecular weight is 791 g/mol. The summed E-state index contributed by atoms with van der Waals surface area (Å²) >= 11 is 1.56. The van der Waals surface area contributed by atoms with Crippen molar-refractivity contribution in [3.05, 3.63) is 107 Å². The van der Waals surface area contributed by atoms with Crippen LogP contribution in [0.4, 0.5) is 0 Å². The number of fused-ring (bicyclic) bond motifs is 2. The van der Waals surface area contributed by atoms with E-state index in [9.17, 15) is 24.0 Å². The molecule has 5 amide bonds. The summed E-state index contributed by atoms with van der Waals surface area (Å²) < 4.78 is 1.07. The van der Waals surface area contributed by atoms with Gasteiger partial charge in [0, 0.05) is 51.9 Å². The number of piperidine rings is 2. The minimum atomic E-state index is -1.27. The lowest BCUT2D eigenvalue weighted by Gasteiger charge is -2.36. The third-order valence-corrected chi connectivity index (χ3v) is 12.3. The molecule has 2 aliphatic heterocycles. The number of carbonyl (C=O) groups is 5. The molecule has 0 bridgehead atoms. The lowest BCUT2D eigenvalue weighted by Crippen LogP contribution is -2.65. The van der Waals surface area contributed by atoms with Crippen molar-refractivity contribution < 1.29 is 24.0 Å². The van der Waals surface area contributed by atoms with Gasteiger partial charge in [-0.05, 0) is 86.6 Å². The van der Waals surface area contributed by atoms with Crippen LogP contribution in [0.5, 0.6) is 0 Å². The number of aromatic amines is 1. The number of para-hydroxylation sites is 1. The van der Waals surface area contributed by atoms with Crippen molar-refractivity contribution in [1.29, 1.82) is 0 Å². The van der Waals surface area contributed by atoms with E-state index in [0.29, 0.717) is 51.9 Å². The predicted octanol–water partition coefficient (Wildman–Crippen LogP) is 2.59. The highest BCUT2D eigenvalue weighted by molar-refractivity contribution is 7.19. The highest BCUT2D eigenvalue weighted by Crippen LogP contribution is 2.27. The maximum absolute atomic E-state index is 14.6. The van der Waals surface area contributed by atoms with Gasteiger partial charge in [-0.1, -0.05) is 66.7 Å². The first kappa shape index (κ1) is 39.7. The second-order valence-electron chi connectivity index (χ2n) is 15.1. The van der Waals surface area contributed by atoms with Crippen LogP contribution >= 0.6 is 11.3 Å². The molecule has 0 radical (unpaired) electrons. The molecule has 0 saturated carbocycles. The zero-order valence-electron chi connectivity index (χ0n) is 31.8. The second-order valence-corrected chi connectivity index (χ2v) is 16.3. The molecule has 9 N–H and O–H groups in total. The van der Waals surface area contributed by atoms with Crippen molar-refractivity contribution in [3.8, 4) is 0 Å². The molecule has 14 heteroatoms. The zero-order chi connectivity index (χ0) is 39.8. The van der Waals surface area contributed by atoms with Crippen LogP contribution in [0.15, 0.2) is 91.1 Å². The van der Waals surface area contributed by atoms with Crippen molar-refractivity contribution >= 4 is 61.9 Å². The van der Waals surface area contributed by atoms with Gasteiger partial charge < -0.3 is 42.6 Å². The summed E-state index contributed by atoms with van der Waals surface area (Å²) in [6.45, 7) is 2.42. The summed E-state index contributed by atoms with van der Waals surface area (Å²) in [5, 5.41) is 20.3. The Labute approximate surface area is 335 Å². The molecule has 7 rings (SSSR count). The number of nitrogens with two attached hydrogens (primary N) is 1. The van der Waals surface area contributed by atoms with Gasteiger partial charge in [-0.3, -0.25) is 24.0 Å². The fraction of sp³-hybridized carbons (Fsp3) is 0.372. The van der Waals surface area contributed by atoms with Crippen LogP contribution in [0.1, 0.15) is 41.7 Å². The van der Waals surface area contributed by atoms with E-state index in [1.54, 1.807) is 11.3 Å². The standard InChI is InChI=1S/C43H50N8O5S/c44-42(56)43(16-20-46-21-17-43)51-41(55)34(22-27-8-2-1-3-9-27)49-39(53)35(24-30-26-47-33-12-6-5-11-32(30)33)50-40(54)36(48-38(52)28-14-18-45-19-15-28)25-31-23-29-10-4-7-13-37(29)57-31/h1-13,23,26,28,34-36,45-47H,14-22,24-25H2,(H2,44,56)(H,48,52)(H,49,53)(H,50,54)(H,51,55)/t34-,35+,36+/m0/s1. The zero-order valence-corrected chi connectivity index (χ0v) is 32.6. The van der Waals surface area contributed by atoms with Crippen LogP contribution in [0.25, 0.3) is 21.0 Å². The van der Waals surface area contributed by atoms with Crippen molar-refractivity contribution in [1.82, 2.24) is 36.9 Å². The van der Waals surface area contributed by atoms with Crippen molar-refractivity contribution in [2.75, 3.05) is 26.2 Å². The third-order valence-electron chi connectivity index (χ3n) is 11.2. The molecule has 5 aromatic rings. The summed E-state index contributed by atoms with van der Waals surface area (Å²) in [5.74, 6) is -2.73. The fourth-order valence-corrected chi connectivity index (χ4v) is 8.97. The average Bonchev–Trinajstić information content (AvgIpc) is 3.84. The maximum atomic E-state index is 14.6. The van der Waals surface area contributed by atoms with Crippen molar-refractivity contribution in [2.24, 2.45) is 11.7 Å².